The molecule has 0 radical (unpaired) electrons. The summed E-state index contributed by atoms with van der Waals surface area (Å²) in [6, 6.07) is 0. The van der Waals surface area contributed by atoms with E-state index in [-0.39, 0.29) is 18.0 Å². The zero-order valence-corrected chi connectivity index (χ0v) is 17.2. The molecular formula is C21H28O8. The predicted octanol–water partition coefficient (Wildman–Crippen LogP) is 1.96. The van der Waals surface area contributed by atoms with E-state index in [0.29, 0.717) is 6.42 Å². The van der Waals surface area contributed by atoms with Crippen LogP contribution in [0.4, 0.5) is 0 Å². The van der Waals surface area contributed by atoms with Crippen LogP contribution in [0.1, 0.15) is 47.0 Å². The Morgan fingerprint density at radius 2 is 1.79 bits per heavy atom. The first kappa shape index (κ1) is 24.3. The predicted molar refractivity (Wildman–Crippen MR) is 104 cm³/mol. The Morgan fingerprint density at radius 1 is 1.14 bits per heavy atom. The molecular weight excluding hydrogens is 380 g/mol. The first-order valence-corrected chi connectivity index (χ1v) is 9.41. The van der Waals surface area contributed by atoms with Crippen LogP contribution in [0.15, 0.2) is 36.0 Å². The minimum Gasteiger partial charge on any atom is -0.462 e. The van der Waals surface area contributed by atoms with Crippen LogP contribution in [0.25, 0.3) is 0 Å². The molecule has 1 aliphatic rings. The van der Waals surface area contributed by atoms with E-state index in [1.54, 1.807) is 0 Å². The molecule has 3 atom stereocenters. The molecule has 0 bridgehead atoms. The molecule has 0 saturated heterocycles. The molecule has 0 aromatic carbocycles. The van der Waals surface area contributed by atoms with E-state index >= 15 is 0 Å². The molecule has 0 spiro atoms. The highest BCUT2D eigenvalue weighted by Gasteiger charge is 2.36. The second kappa shape index (κ2) is 11.3. The van der Waals surface area contributed by atoms with Crippen LogP contribution in [0, 0.1) is 0 Å². The zero-order valence-electron chi connectivity index (χ0n) is 17.2. The van der Waals surface area contributed by atoms with Gasteiger partial charge in [-0.15, -0.1) is 0 Å². The maximum Gasteiger partial charge on any atom is 0.303 e. The number of carbonyl (C=O) groups is 4. The lowest BCUT2D eigenvalue weighted by molar-refractivity contribution is -0.169. The summed E-state index contributed by atoms with van der Waals surface area (Å²) >= 11 is 0. The van der Waals surface area contributed by atoms with E-state index in [1.807, 2.05) is 6.92 Å². The number of esters is 3. The van der Waals surface area contributed by atoms with Gasteiger partial charge >= 0.3 is 17.9 Å². The van der Waals surface area contributed by atoms with E-state index in [4.69, 9.17) is 14.2 Å². The van der Waals surface area contributed by atoms with Gasteiger partial charge in [-0.3, -0.25) is 19.2 Å². The standard InChI is InChI=1S/C21H28O8/c1-5-6-11-21(26)12-10-18(25)17(21)8-7-9-19(28-15(3)23)20(29-16(4)24)13-27-14(2)22/h7-10,12,19-20,26H,5-6,11,13H2,1-4H3/b9-7+,17-8+. The lowest BCUT2D eigenvalue weighted by Crippen LogP contribution is -2.37. The van der Waals surface area contributed by atoms with Gasteiger partial charge in [0.15, 0.2) is 18.0 Å². The summed E-state index contributed by atoms with van der Waals surface area (Å²) in [5.41, 5.74) is -1.14. The van der Waals surface area contributed by atoms with Gasteiger partial charge in [0.25, 0.3) is 0 Å². The average molecular weight is 408 g/mol. The first-order valence-electron chi connectivity index (χ1n) is 9.41. The van der Waals surface area contributed by atoms with Crippen LogP contribution in [0.2, 0.25) is 0 Å². The minimum absolute atomic E-state index is 0.202. The van der Waals surface area contributed by atoms with Crippen molar-refractivity contribution in [3.63, 3.8) is 0 Å². The van der Waals surface area contributed by atoms with E-state index in [0.717, 1.165) is 12.8 Å². The van der Waals surface area contributed by atoms with Crippen LogP contribution in [-0.2, 0) is 33.4 Å². The monoisotopic (exact) mass is 408 g/mol. The summed E-state index contributed by atoms with van der Waals surface area (Å²) in [6.07, 6.45) is 6.95. The maximum absolute atomic E-state index is 12.1. The van der Waals surface area contributed by atoms with Crippen LogP contribution in [0.3, 0.4) is 0 Å². The van der Waals surface area contributed by atoms with Crippen molar-refractivity contribution >= 4 is 23.7 Å². The number of ketones is 1. The molecule has 29 heavy (non-hydrogen) atoms. The molecule has 8 heteroatoms. The number of unbranched alkanes of at least 4 members (excludes halogenated alkanes) is 1. The van der Waals surface area contributed by atoms with Gasteiger partial charge in [0, 0.05) is 26.3 Å². The smallest absolute Gasteiger partial charge is 0.303 e. The number of allylic oxidation sites excluding steroid dienone is 3. The molecule has 8 nitrogen and oxygen atoms in total. The Bertz CT molecular complexity index is 718. The second-order valence-electron chi connectivity index (χ2n) is 6.72. The van der Waals surface area contributed by atoms with Crippen molar-refractivity contribution in [1.82, 2.24) is 0 Å². The number of aliphatic hydroxyl groups is 1. The summed E-state index contributed by atoms with van der Waals surface area (Å²) in [4.78, 5) is 46.0. The molecule has 1 aliphatic carbocycles. The SMILES string of the molecule is CCCCC1(O)C=CC(=O)/C1=C\C=C\C(OC(C)=O)C(COC(C)=O)OC(C)=O. The highest BCUT2D eigenvalue weighted by molar-refractivity contribution is 6.09. The van der Waals surface area contributed by atoms with E-state index in [1.165, 1.54) is 51.2 Å². The van der Waals surface area contributed by atoms with E-state index in [9.17, 15) is 24.3 Å². The van der Waals surface area contributed by atoms with Crippen molar-refractivity contribution in [2.24, 2.45) is 0 Å². The fourth-order valence-corrected chi connectivity index (χ4v) is 2.80. The van der Waals surface area contributed by atoms with Gasteiger partial charge in [-0.25, -0.2) is 0 Å². The highest BCUT2D eigenvalue weighted by atomic mass is 16.6. The maximum atomic E-state index is 12.1. The average Bonchev–Trinajstić information content (AvgIpc) is 2.90. The van der Waals surface area contributed by atoms with Crippen LogP contribution in [0.5, 0.6) is 0 Å². The third-order valence-electron chi connectivity index (χ3n) is 4.15. The summed E-state index contributed by atoms with van der Waals surface area (Å²) in [5, 5.41) is 10.7. The Kier molecular flexibility index (Phi) is 9.47. The first-order chi connectivity index (χ1) is 13.6. The number of hydrogen-bond acceptors (Lipinski definition) is 8. The lowest BCUT2D eigenvalue weighted by atomic mass is 9.90. The topological polar surface area (TPSA) is 116 Å². The molecule has 0 fully saturated rings. The zero-order chi connectivity index (χ0) is 22.0. The summed E-state index contributed by atoms with van der Waals surface area (Å²) < 4.78 is 15.2. The number of carbonyl (C=O) groups excluding carboxylic acids is 4. The normalized spacial score (nSPS) is 22.0. The summed E-state index contributed by atoms with van der Waals surface area (Å²) in [5.74, 6) is -2.17. The van der Waals surface area contributed by atoms with Gasteiger partial charge in [-0.2, -0.15) is 0 Å². The number of ether oxygens (including phenoxy) is 3. The molecule has 1 N–H and O–H groups in total. The third kappa shape index (κ3) is 8.03. The van der Waals surface area contributed by atoms with Crippen LogP contribution in [-0.4, -0.2) is 53.2 Å². The molecule has 0 aromatic rings. The number of hydrogen-bond donors (Lipinski definition) is 1. The van der Waals surface area contributed by atoms with Gasteiger partial charge in [0.1, 0.15) is 12.2 Å². The van der Waals surface area contributed by atoms with Gasteiger partial charge in [0.2, 0.25) is 0 Å². The van der Waals surface area contributed by atoms with Crippen LogP contribution >= 0.6 is 0 Å². The van der Waals surface area contributed by atoms with Crippen molar-refractivity contribution in [3.05, 3.63) is 36.0 Å². The van der Waals surface area contributed by atoms with Crippen molar-refractivity contribution < 1.29 is 38.5 Å². The quantitative estimate of drug-likeness (QED) is 0.331. The fourth-order valence-electron chi connectivity index (χ4n) is 2.80. The Morgan fingerprint density at radius 3 is 2.34 bits per heavy atom. The minimum atomic E-state index is -1.35. The summed E-state index contributed by atoms with van der Waals surface area (Å²) in [7, 11) is 0. The summed E-state index contributed by atoms with van der Waals surface area (Å²) in [6.45, 7) is 5.23. The lowest BCUT2D eigenvalue weighted by Gasteiger charge is -2.24. The van der Waals surface area contributed by atoms with Crippen molar-refractivity contribution in [2.75, 3.05) is 6.61 Å². The molecule has 160 valence electrons. The van der Waals surface area contributed by atoms with Gasteiger partial charge < -0.3 is 19.3 Å². The Balaban J connectivity index is 3.07. The molecule has 3 unspecified atom stereocenters. The van der Waals surface area contributed by atoms with Crippen LogP contribution < -0.4 is 0 Å². The molecule has 0 saturated carbocycles. The fraction of sp³-hybridized carbons (Fsp3) is 0.524. The Hall–Kier alpha value is -2.74. The largest absolute Gasteiger partial charge is 0.462 e. The third-order valence-corrected chi connectivity index (χ3v) is 4.15. The second-order valence-corrected chi connectivity index (χ2v) is 6.72. The van der Waals surface area contributed by atoms with Gasteiger partial charge in [-0.1, -0.05) is 31.9 Å². The van der Waals surface area contributed by atoms with Crippen molar-refractivity contribution in [1.29, 1.82) is 0 Å². The van der Waals surface area contributed by atoms with Crippen molar-refractivity contribution in [2.45, 2.75) is 64.8 Å². The van der Waals surface area contributed by atoms with Crippen molar-refractivity contribution in [3.8, 4) is 0 Å². The molecule has 0 aromatic heterocycles. The molecule has 0 aliphatic heterocycles. The Labute approximate surface area is 170 Å². The highest BCUT2D eigenvalue weighted by Crippen LogP contribution is 2.31. The van der Waals surface area contributed by atoms with E-state index in [2.05, 4.69) is 0 Å². The molecule has 0 amide bonds. The molecule has 1 rings (SSSR count). The molecule has 0 heterocycles. The number of rotatable bonds is 10. The van der Waals surface area contributed by atoms with Gasteiger partial charge in [0.05, 0.1) is 0 Å². The van der Waals surface area contributed by atoms with Gasteiger partial charge in [-0.05, 0) is 24.6 Å². The van der Waals surface area contributed by atoms with E-state index < -0.39 is 35.7 Å².